The van der Waals surface area contributed by atoms with Crippen LogP contribution in [0, 0.1) is 0 Å². The molecule has 5 aromatic carbocycles. The van der Waals surface area contributed by atoms with Crippen molar-refractivity contribution in [2.45, 2.75) is 138 Å². The van der Waals surface area contributed by atoms with Crippen molar-refractivity contribution in [3.05, 3.63) is 168 Å². The van der Waals surface area contributed by atoms with E-state index in [0.29, 0.717) is 11.1 Å². The number of ether oxygens (including phenoxy) is 10. The molecule has 8 heterocycles. The monoisotopic (exact) mass is 1470 g/mol. The maximum atomic E-state index is 14.8. The number of benzene rings is 5. The van der Waals surface area contributed by atoms with Gasteiger partial charge in [-0.2, -0.15) is 0 Å². The molecule has 102 heavy (non-hydrogen) atoms. The van der Waals surface area contributed by atoms with E-state index in [1.165, 1.54) is 132 Å². The summed E-state index contributed by atoms with van der Waals surface area (Å²) in [6.45, 7) is -2.63. The Hall–Kier alpha value is -9.08. The maximum absolute atomic E-state index is 14.8. The third kappa shape index (κ3) is 14.3. The average Bonchev–Trinajstić information content (AvgIpc) is 1.60. The Labute approximate surface area is 590 Å². The molecule has 1 radical (unpaired) electrons. The molecule has 0 saturated carbocycles. The highest BCUT2D eigenvalue weighted by Crippen LogP contribution is 2.46. The lowest BCUT2D eigenvalue weighted by Crippen LogP contribution is -2.60. The highest BCUT2D eigenvalue weighted by atomic mass is 32.2. The van der Waals surface area contributed by atoms with Gasteiger partial charge in [-0.25, -0.2) is 19.4 Å². The van der Waals surface area contributed by atoms with Crippen LogP contribution >= 0.6 is 22.7 Å². The van der Waals surface area contributed by atoms with Crippen LogP contribution in [0.3, 0.4) is 0 Å². The molecule has 31 nitrogen and oxygen atoms in total. The van der Waals surface area contributed by atoms with Crippen molar-refractivity contribution in [2.24, 2.45) is 0 Å². The molecule has 0 bridgehead atoms. The first kappa shape index (κ1) is 71.3. The summed E-state index contributed by atoms with van der Waals surface area (Å²) >= 11 is 2.87. The largest absolute Gasteiger partial charge is 0.493 e. The molecule has 2 aromatic heterocycles. The lowest BCUT2D eigenvalue weighted by atomic mass is 9.99. The molecular formula is C68H69N4O27S3. The third-order valence-corrected chi connectivity index (χ3v) is 20.7. The van der Waals surface area contributed by atoms with Crippen molar-refractivity contribution >= 4 is 69.0 Å². The third-order valence-electron chi connectivity index (χ3n) is 18.4. The lowest BCUT2D eigenvalue weighted by Gasteiger charge is -2.39. The van der Waals surface area contributed by atoms with E-state index in [4.69, 9.17) is 51.6 Å². The van der Waals surface area contributed by atoms with Gasteiger partial charge in [0.25, 0.3) is 11.8 Å². The topological polar surface area (TPSA) is 419 Å². The summed E-state index contributed by atoms with van der Waals surface area (Å²) in [7, 11) is -0.454. The first-order chi connectivity index (χ1) is 49.1. The van der Waals surface area contributed by atoms with Crippen LogP contribution in [0.4, 0.5) is 21.0 Å². The Morgan fingerprint density at radius 2 is 0.912 bits per heavy atom. The zero-order valence-corrected chi connectivity index (χ0v) is 56.5. The summed E-state index contributed by atoms with van der Waals surface area (Å²) in [4.78, 5) is 65.5. The zero-order valence-electron chi connectivity index (χ0n) is 54.0. The molecular weight excluding hydrogens is 1400 g/mol. The van der Waals surface area contributed by atoms with Crippen LogP contribution in [-0.2, 0) is 82.3 Å². The van der Waals surface area contributed by atoms with Gasteiger partial charge in [-0.05, 0) is 111 Å². The predicted molar refractivity (Wildman–Crippen MR) is 353 cm³/mol. The number of rotatable bonds is 20. The van der Waals surface area contributed by atoms with Gasteiger partial charge in [0.15, 0.2) is 35.5 Å². The number of thiophene rings is 2. The first-order valence-corrected chi connectivity index (χ1v) is 34.6. The summed E-state index contributed by atoms with van der Waals surface area (Å²) in [5.41, 5.74) is 2.72. The minimum Gasteiger partial charge on any atom is -0.493 e. The quantitative estimate of drug-likeness (QED) is 0.0524. The molecule has 2 fully saturated rings. The van der Waals surface area contributed by atoms with Crippen LogP contribution in [0.15, 0.2) is 114 Å². The summed E-state index contributed by atoms with van der Waals surface area (Å²) in [6.07, 6.45) is -20.5. The molecule has 13 rings (SSSR count). The van der Waals surface area contributed by atoms with Gasteiger partial charge in [-0.1, -0.05) is 24.3 Å². The minimum absolute atomic E-state index is 0.0139. The second-order valence-electron chi connectivity index (χ2n) is 24.6. The summed E-state index contributed by atoms with van der Waals surface area (Å²) in [6, 6.07) is 23.4. The van der Waals surface area contributed by atoms with Crippen molar-refractivity contribution in [3.63, 3.8) is 0 Å². The van der Waals surface area contributed by atoms with E-state index >= 15 is 0 Å². The standard InChI is InChI=1S/C68H69N4O27S3/c1-89-47-18-41-43(71(63(83)45-22-53-36(11-13-100-53)24-69(45)61(41)81)67(85)93-28-32-3-7-38(8-4-32)95-65-59(79)57(77)55(75)51(26-73)97-65)20-49(47)91-30-34-15-35(17-40(16-34)99-102(87)88)31-92-50-21-44-42(19-48(50)90-2)62(82)70-25-37-12-14-101-54(37)23-46(70)64(84)72(44)68(86)94-29-33-5-9-39(10-6-33)96-66-60(80)58(78)56(76)52(27-74)98-66/h3-21,45-46,51-52,55-60,63-66,73-80,83-84H,22-31H2,1-2H3/t45-,46+,51-,52-,55+,56+,57+,58+,59-,60-,63?,64?,65-,66-/m1/s1. The van der Waals surface area contributed by atoms with Crippen LogP contribution in [0.5, 0.6) is 40.2 Å². The Balaban J connectivity index is 0.751. The molecule has 2 unspecified atom stereocenters. The van der Waals surface area contributed by atoms with Crippen LogP contribution in [0.25, 0.3) is 0 Å². The van der Waals surface area contributed by atoms with Gasteiger partial charge < -0.3 is 112 Å². The molecule has 6 aliphatic heterocycles. The number of carbonyl (C=O) groups is 4. The average molecular weight is 1470 g/mol. The molecule has 7 aromatic rings. The van der Waals surface area contributed by atoms with Crippen molar-refractivity contribution in [1.29, 1.82) is 0 Å². The van der Waals surface area contributed by atoms with E-state index in [0.717, 1.165) is 30.7 Å². The lowest BCUT2D eigenvalue weighted by molar-refractivity contribution is -0.277. The molecule has 541 valence electrons. The molecule has 34 heteroatoms. The smallest absolute Gasteiger partial charge is 0.416 e. The number of anilines is 2. The highest BCUT2D eigenvalue weighted by molar-refractivity contribution is 7.67. The summed E-state index contributed by atoms with van der Waals surface area (Å²) in [5.74, 6) is -1.11. The summed E-state index contributed by atoms with van der Waals surface area (Å²) in [5, 5.41) is 110. The van der Waals surface area contributed by atoms with Crippen LogP contribution < -0.4 is 42.4 Å². The Morgan fingerprint density at radius 1 is 0.500 bits per heavy atom. The van der Waals surface area contributed by atoms with Crippen LogP contribution in [-0.4, -0.2) is 207 Å². The van der Waals surface area contributed by atoms with Crippen LogP contribution in [0.2, 0.25) is 0 Å². The number of hydrogen-bond donors (Lipinski definition) is 10. The fourth-order valence-electron chi connectivity index (χ4n) is 13.0. The number of carbonyl (C=O) groups excluding carboxylic acids is 4. The van der Waals surface area contributed by atoms with Gasteiger partial charge in [0.2, 0.25) is 12.6 Å². The molecule has 10 N–H and O–H groups in total. The van der Waals surface area contributed by atoms with Crippen molar-refractivity contribution in [2.75, 3.05) is 37.2 Å². The predicted octanol–water partition coefficient (Wildman–Crippen LogP) is 2.60. The van der Waals surface area contributed by atoms with E-state index in [9.17, 15) is 78.7 Å². The zero-order chi connectivity index (χ0) is 71.9. The van der Waals surface area contributed by atoms with Gasteiger partial charge in [-0.3, -0.25) is 9.59 Å². The Kier molecular flexibility index (Phi) is 21.0. The van der Waals surface area contributed by atoms with Gasteiger partial charge in [0.1, 0.15) is 92.5 Å². The first-order valence-electron chi connectivity index (χ1n) is 31.8. The van der Waals surface area contributed by atoms with E-state index in [2.05, 4.69) is 0 Å². The molecule has 14 atom stereocenters. The Morgan fingerprint density at radius 3 is 1.29 bits per heavy atom. The molecule has 0 aliphatic carbocycles. The SMILES string of the molecule is COc1cc2c(cc1OCc1cc(COc3cc4c(cc3OC)C(=O)N3Cc5ccsc5C[C@H]3C(O)N4C(=O)OCc3ccc(O[C@@H]4O[C@H](CO)[C@H](O)[C@H](O)[C@H]4O)cc3)cc(O[S](=O)=O)c1)N(C(=O)OCc1ccc(O[C@@H]3O[C@H](CO)[C@H](O)[C@H](O)[C@H]3O)cc1)C(O)[C@H]1Cc3sccc3CN1C2=O. The number of hydrogen-bond acceptors (Lipinski definition) is 29. The molecule has 6 aliphatic rings. The number of aliphatic hydroxyl groups excluding tert-OH is 10. The number of fused-ring (bicyclic) bond motifs is 6. The molecule has 0 spiro atoms. The molecule has 2 saturated heterocycles. The number of aliphatic hydroxyl groups is 10. The van der Waals surface area contributed by atoms with Gasteiger partial charge in [-0.15, -0.1) is 31.1 Å². The van der Waals surface area contributed by atoms with Crippen molar-refractivity contribution < 1.29 is 130 Å². The fourth-order valence-corrected chi connectivity index (χ4v) is 15.1. The Bertz CT molecular complexity index is 4060. The normalized spacial score (nSPS) is 25.8. The molecule has 4 amide bonds. The van der Waals surface area contributed by atoms with E-state index in [-0.39, 0.29) is 126 Å². The van der Waals surface area contributed by atoms with Gasteiger partial charge in [0, 0.05) is 47.8 Å². The second kappa shape index (κ2) is 30.1. The number of methoxy groups -OCH3 is 2. The fraction of sp³-hybridized carbons (Fsp3) is 0.382. The summed E-state index contributed by atoms with van der Waals surface area (Å²) < 4.78 is 87.8. The maximum Gasteiger partial charge on any atom is 0.416 e. The van der Waals surface area contributed by atoms with E-state index in [1.54, 1.807) is 6.07 Å². The second-order valence-corrected chi connectivity index (χ2v) is 27.2. The van der Waals surface area contributed by atoms with E-state index < -0.39 is 134 Å². The number of amides is 4. The number of nitrogens with zero attached hydrogens (tertiary/aromatic N) is 4. The minimum atomic E-state index is -3.10. The van der Waals surface area contributed by atoms with Gasteiger partial charge >= 0.3 is 23.2 Å². The highest BCUT2D eigenvalue weighted by Gasteiger charge is 2.50. The van der Waals surface area contributed by atoms with E-state index in [1.807, 2.05) is 22.9 Å². The van der Waals surface area contributed by atoms with Crippen molar-refractivity contribution in [1.82, 2.24) is 9.80 Å². The van der Waals surface area contributed by atoms with Crippen molar-refractivity contribution in [3.8, 4) is 40.2 Å². The van der Waals surface area contributed by atoms with Crippen LogP contribution in [0.1, 0.15) is 63.9 Å². The van der Waals surface area contributed by atoms with Gasteiger partial charge in [0.05, 0.1) is 62.0 Å².